The van der Waals surface area contributed by atoms with Crippen LogP contribution in [0, 0.1) is 0 Å². The number of benzene rings is 1. The zero-order valence-corrected chi connectivity index (χ0v) is 14.3. The van der Waals surface area contributed by atoms with Crippen LogP contribution >= 0.6 is 0 Å². The molecule has 3 aromatic rings. The normalized spacial score (nSPS) is 18.0. The Hall–Kier alpha value is -2.74. The van der Waals surface area contributed by atoms with E-state index in [1.54, 1.807) is 10.7 Å². The minimum Gasteiger partial charge on any atom is -0.370 e. The first-order valence-corrected chi connectivity index (χ1v) is 8.38. The molecule has 0 N–H and O–H groups in total. The summed E-state index contributed by atoms with van der Waals surface area (Å²) in [6.45, 7) is 4.47. The fourth-order valence-electron chi connectivity index (χ4n) is 3.11. The molecule has 0 saturated carbocycles. The number of ether oxygens (including phenoxy) is 1. The van der Waals surface area contributed by atoms with E-state index < -0.39 is 0 Å². The largest absolute Gasteiger partial charge is 0.370 e. The highest BCUT2D eigenvalue weighted by molar-refractivity contribution is 5.97. The summed E-state index contributed by atoms with van der Waals surface area (Å²) >= 11 is 0. The zero-order chi connectivity index (χ0) is 17.4. The molecule has 1 aliphatic heterocycles. The smallest absolute Gasteiger partial charge is 0.254 e. The Morgan fingerprint density at radius 2 is 2.28 bits per heavy atom. The fourth-order valence-corrected chi connectivity index (χ4v) is 3.11. The van der Waals surface area contributed by atoms with Gasteiger partial charge >= 0.3 is 0 Å². The molecule has 25 heavy (non-hydrogen) atoms. The van der Waals surface area contributed by atoms with Crippen LogP contribution in [0.2, 0.25) is 0 Å². The van der Waals surface area contributed by atoms with E-state index in [9.17, 15) is 4.79 Å². The third kappa shape index (κ3) is 2.89. The summed E-state index contributed by atoms with van der Waals surface area (Å²) in [6.07, 6.45) is 3.65. The standard InChI is InChI=1S/C17H20N6O2/c1-3-23-10-13(9-18-23)16-11-22(6-7-25-16)17(24)12-4-5-15-14(8-12)19-20-21(15)2/h4-5,8-10,16H,3,6-7,11H2,1-2H3. The first kappa shape index (κ1) is 15.8. The van der Waals surface area contributed by atoms with Gasteiger partial charge in [0.1, 0.15) is 11.6 Å². The molecule has 1 aromatic carbocycles. The van der Waals surface area contributed by atoms with E-state index in [-0.39, 0.29) is 12.0 Å². The van der Waals surface area contributed by atoms with E-state index in [1.807, 2.05) is 48.1 Å². The Morgan fingerprint density at radius 3 is 3.08 bits per heavy atom. The van der Waals surface area contributed by atoms with Crippen molar-refractivity contribution in [1.29, 1.82) is 0 Å². The summed E-state index contributed by atoms with van der Waals surface area (Å²) in [5.41, 5.74) is 3.26. The SMILES string of the molecule is CCn1cc(C2CN(C(=O)c3ccc4c(c3)nnn4C)CCO2)cn1. The number of aryl methyl sites for hydroxylation is 2. The van der Waals surface area contributed by atoms with Gasteiger partial charge in [-0.3, -0.25) is 9.48 Å². The van der Waals surface area contributed by atoms with Gasteiger partial charge in [0.05, 0.1) is 24.9 Å². The summed E-state index contributed by atoms with van der Waals surface area (Å²) in [4.78, 5) is 14.7. The Balaban J connectivity index is 1.54. The summed E-state index contributed by atoms with van der Waals surface area (Å²) in [7, 11) is 1.83. The van der Waals surface area contributed by atoms with Gasteiger partial charge in [0.25, 0.3) is 5.91 Å². The molecule has 1 unspecified atom stereocenters. The van der Waals surface area contributed by atoms with Gasteiger partial charge in [-0.25, -0.2) is 4.68 Å². The molecule has 0 bridgehead atoms. The number of morpholine rings is 1. The maximum Gasteiger partial charge on any atom is 0.254 e. The Morgan fingerprint density at radius 1 is 1.40 bits per heavy atom. The molecule has 1 saturated heterocycles. The molecule has 0 aliphatic carbocycles. The van der Waals surface area contributed by atoms with E-state index in [2.05, 4.69) is 15.4 Å². The lowest BCUT2D eigenvalue weighted by molar-refractivity contribution is -0.0228. The van der Waals surface area contributed by atoms with Crippen molar-refractivity contribution in [1.82, 2.24) is 29.7 Å². The molecule has 2 aromatic heterocycles. The van der Waals surface area contributed by atoms with Gasteiger partial charge in [0.15, 0.2) is 0 Å². The molecular formula is C17H20N6O2. The topological polar surface area (TPSA) is 78.1 Å². The number of carbonyl (C=O) groups excluding carboxylic acids is 1. The highest BCUT2D eigenvalue weighted by atomic mass is 16.5. The van der Waals surface area contributed by atoms with E-state index in [4.69, 9.17) is 4.74 Å². The van der Waals surface area contributed by atoms with Gasteiger partial charge in [0, 0.05) is 37.5 Å². The number of hydrogen-bond donors (Lipinski definition) is 0. The Bertz CT molecular complexity index is 915. The van der Waals surface area contributed by atoms with Crippen LogP contribution in [0.4, 0.5) is 0 Å². The van der Waals surface area contributed by atoms with Gasteiger partial charge in [-0.15, -0.1) is 5.10 Å². The summed E-state index contributed by atoms with van der Waals surface area (Å²) in [6, 6.07) is 5.50. The first-order chi connectivity index (χ1) is 12.2. The highest BCUT2D eigenvalue weighted by Gasteiger charge is 2.27. The molecule has 1 atom stereocenters. The number of amides is 1. The van der Waals surface area contributed by atoms with Crippen LogP contribution in [0.25, 0.3) is 11.0 Å². The highest BCUT2D eigenvalue weighted by Crippen LogP contribution is 2.23. The van der Waals surface area contributed by atoms with Crippen LogP contribution in [0.1, 0.15) is 28.9 Å². The van der Waals surface area contributed by atoms with Crippen LogP contribution in [0.3, 0.4) is 0 Å². The predicted octanol–water partition coefficient (Wildman–Crippen LogP) is 1.40. The Kier molecular flexibility index (Phi) is 3.96. The molecule has 0 spiro atoms. The summed E-state index contributed by atoms with van der Waals surface area (Å²) in [5, 5.41) is 12.4. The number of nitrogens with zero attached hydrogens (tertiary/aromatic N) is 6. The van der Waals surface area contributed by atoms with Crippen LogP contribution < -0.4 is 0 Å². The monoisotopic (exact) mass is 340 g/mol. The molecule has 1 aliphatic rings. The molecule has 8 heteroatoms. The van der Waals surface area contributed by atoms with E-state index in [1.165, 1.54) is 0 Å². The van der Waals surface area contributed by atoms with Crippen LogP contribution in [0.5, 0.6) is 0 Å². The molecule has 130 valence electrons. The maximum absolute atomic E-state index is 12.9. The number of fused-ring (bicyclic) bond motifs is 1. The quantitative estimate of drug-likeness (QED) is 0.720. The second kappa shape index (κ2) is 6.29. The molecule has 0 radical (unpaired) electrons. The van der Waals surface area contributed by atoms with Crippen molar-refractivity contribution >= 4 is 16.9 Å². The van der Waals surface area contributed by atoms with Gasteiger partial charge in [-0.1, -0.05) is 5.21 Å². The Labute approximate surface area is 145 Å². The number of hydrogen-bond acceptors (Lipinski definition) is 5. The van der Waals surface area contributed by atoms with E-state index in [0.29, 0.717) is 25.3 Å². The van der Waals surface area contributed by atoms with Crippen molar-refractivity contribution in [2.45, 2.75) is 19.6 Å². The third-order valence-corrected chi connectivity index (χ3v) is 4.56. The van der Waals surface area contributed by atoms with Crippen molar-refractivity contribution in [3.8, 4) is 0 Å². The van der Waals surface area contributed by atoms with Gasteiger partial charge in [0.2, 0.25) is 0 Å². The first-order valence-electron chi connectivity index (χ1n) is 8.38. The molecule has 1 amide bonds. The van der Waals surface area contributed by atoms with Crippen molar-refractivity contribution in [3.63, 3.8) is 0 Å². The van der Waals surface area contributed by atoms with Crippen LogP contribution in [0.15, 0.2) is 30.6 Å². The van der Waals surface area contributed by atoms with Crippen LogP contribution in [-0.2, 0) is 18.3 Å². The minimum absolute atomic E-state index is 0.0104. The lowest BCUT2D eigenvalue weighted by Gasteiger charge is -2.32. The van der Waals surface area contributed by atoms with Crippen molar-refractivity contribution in [3.05, 3.63) is 41.7 Å². The molecule has 1 fully saturated rings. The van der Waals surface area contributed by atoms with Crippen molar-refractivity contribution < 1.29 is 9.53 Å². The number of rotatable bonds is 3. The maximum atomic E-state index is 12.9. The second-order valence-corrected chi connectivity index (χ2v) is 6.16. The van der Waals surface area contributed by atoms with Gasteiger partial charge < -0.3 is 9.64 Å². The van der Waals surface area contributed by atoms with Gasteiger partial charge in [-0.2, -0.15) is 5.10 Å². The van der Waals surface area contributed by atoms with E-state index >= 15 is 0 Å². The average molecular weight is 340 g/mol. The molecule has 8 nitrogen and oxygen atoms in total. The van der Waals surface area contributed by atoms with Crippen molar-refractivity contribution in [2.24, 2.45) is 7.05 Å². The zero-order valence-electron chi connectivity index (χ0n) is 14.3. The second-order valence-electron chi connectivity index (χ2n) is 6.16. The molecule has 4 rings (SSSR count). The third-order valence-electron chi connectivity index (χ3n) is 4.56. The number of carbonyl (C=O) groups is 1. The van der Waals surface area contributed by atoms with E-state index in [0.717, 1.165) is 23.1 Å². The summed E-state index contributed by atoms with van der Waals surface area (Å²) in [5.74, 6) is -0.0104. The lowest BCUT2D eigenvalue weighted by Crippen LogP contribution is -2.42. The van der Waals surface area contributed by atoms with Gasteiger partial charge in [-0.05, 0) is 25.1 Å². The summed E-state index contributed by atoms with van der Waals surface area (Å²) < 4.78 is 9.40. The number of aromatic nitrogens is 5. The lowest BCUT2D eigenvalue weighted by atomic mass is 10.1. The van der Waals surface area contributed by atoms with Crippen molar-refractivity contribution in [2.75, 3.05) is 19.7 Å². The fraction of sp³-hybridized carbons (Fsp3) is 0.412. The minimum atomic E-state index is -0.141. The molecular weight excluding hydrogens is 320 g/mol. The predicted molar refractivity (Wildman–Crippen MR) is 91.0 cm³/mol. The molecule has 3 heterocycles. The van der Waals surface area contributed by atoms with Crippen LogP contribution in [-0.4, -0.2) is 55.3 Å². The average Bonchev–Trinajstić information content (AvgIpc) is 3.28.